The molecule has 9 heteroatoms. The molecule has 8 nitrogen and oxygen atoms in total. The van der Waals surface area contributed by atoms with E-state index in [9.17, 15) is 13.2 Å². The number of hydrogen-bond donors (Lipinski definition) is 3. The van der Waals surface area contributed by atoms with E-state index in [1.165, 1.54) is 12.1 Å². The summed E-state index contributed by atoms with van der Waals surface area (Å²) in [7, 11) is -3.84. The Hall–Kier alpha value is -1.84. The van der Waals surface area contributed by atoms with Crippen molar-refractivity contribution in [3.63, 3.8) is 0 Å². The quantitative estimate of drug-likeness (QED) is 0.569. The van der Waals surface area contributed by atoms with E-state index in [1.807, 2.05) is 6.92 Å². The van der Waals surface area contributed by atoms with Crippen LogP contribution in [0.2, 0.25) is 0 Å². The van der Waals surface area contributed by atoms with Gasteiger partial charge in [-0.15, -0.1) is 0 Å². The molecule has 0 spiro atoms. The third-order valence-corrected chi connectivity index (χ3v) is 5.82. The lowest BCUT2D eigenvalue weighted by atomic mass is 9.95. The molecule has 2 rings (SSSR count). The first kappa shape index (κ1) is 21.5. The molecule has 0 aromatic heterocycles. The van der Waals surface area contributed by atoms with E-state index in [0.29, 0.717) is 37.2 Å². The van der Waals surface area contributed by atoms with Crippen LogP contribution in [0.5, 0.6) is 11.5 Å². The third kappa shape index (κ3) is 6.08. The second-order valence-electron chi connectivity index (χ2n) is 6.44. The number of ether oxygens (including phenoxy) is 2. The summed E-state index contributed by atoms with van der Waals surface area (Å²) < 4.78 is 38.3. The SMILES string of the molecule is CCOc1ccc(S(=O)(=O)NCC(=O)NC2CNCCC2C)cc1OCC. The molecule has 0 bridgehead atoms. The van der Waals surface area contributed by atoms with Gasteiger partial charge in [-0.2, -0.15) is 0 Å². The van der Waals surface area contributed by atoms with Crippen LogP contribution in [0, 0.1) is 5.92 Å². The first-order chi connectivity index (χ1) is 12.9. The highest BCUT2D eigenvalue weighted by Crippen LogP contribution is 2.30. The Morgan fingerprint density at radius 2 is 1.93 bits per heavy atom. The topological polar surface area (TPSA) is 106 Å². The van der Waals surface area contributed by atoms with E-state index < -0.39 is 10.0 Å². The maximum atomic E-state index is 12.5. The van der Waals surface area contributed by atoms with Crippen LogP contribution in [0.15, 0.2) is 23.1 Å². The van der Waals surface area contributed by atoms with Gasteiger partial charge in [-0.1, -0.05) is 6.92 Å². The zero-order valence-corrected chi connectivity index (χ0v) is 16.9. The van der Waals surface area contributed by atoms with Gasteiger partial charge < -0.3 is 20.1 Å². The minimum atomic E-state index is -3.84. The predicted octanol–water partition coefficient (Wildman–Crippen LogP) is 0.877. The number of hydrogen-bond acceptors (Lipinski definition) is 6. The van der Waals surface area contributed by atoms with Gasteiger partial charge in [0, 0.05) is 18.7 Å². The highest BCUT2D eigenvalue weighted by Gasteiger charge is 2.24. The number of piperidine rings is 1. The molecule has 1 aromatic carbocycles. The number of amides is 1. The van der Waals surface area contributed by atoms with Crippen LogP contribution in [-0.2, 0) is 14.8 Å². The minimum absolute atomic E-state index is 0.00536. The van der Waals surface area contributed by atoms with Crippen molar-refractivity contribution in [3.05, 3.63) is 18.2 Å². The molecule has 152 valence electrons. The summed E-state index contributed by atoms with van der Waals surface area (Å²) in [6.07, 6.45) is 0.975. The highest BCUT2D eigenvalue weighted by molar-refractivity contribution is 7.89. The second kappa shape index (κ2) is 9.91. The lowest BCUT2D eigenvalue weighted by Gasteiger charge is -2.30. The van der Waals surface area contributed by atoms with E-state index in [-0.39, 0.29) is 23.4 Å². The first-order valence-electron chi connectivity index (χ1n) is 9.26. The highest BCUT2D eigenvalue weighted by atomic mass is 32.2. The molecule has 27 heavy (non-hydrogen) atoms. The van der Waals surface area contributed by atoms with Crippen LogP contribution in [0.25, 0.3) is 0 Å². The van der Waals surface area contributed by atoms with Crippen LogP contribution in [-0.4, -0.2) is 53.2 Å². The maximum Gasteiger partial charge on any atom is 0.241 e. The minimum Gasteiger partial charge on any atom is -0.490 e. The summed E-state index contributed by atoms with van der Waals surface area (Å²) in [6.45, 7) is 7.85. The molecule has 0 saturated carbocycles. The van der Waals surface area contributed by atoms with E-state index in [4.69, 9.17) is 9.47 Å². The van der Waals surface area contributed by atoms with Gasteiger partial charge in [-0.3, -0.25) is 4.79 Å². The van der Waals surface area contributed by atoms with Gasteiger partial charge in [0.2, 0.25) is 15.9 Å². The Morgan fingerprint density at radius 1 is 1.22 bits per heavy atom. The van der Waals surface area contributed by atoms with E-state index in [2.05, 4.69) is 22.3 Å². The molecule has 0 radical (unpaired) electrons. The monoisotopic (exact) mass is 399 g/mol. The number of benzene rings is 1. The molecule has 2 atom stereocenters. The summed E-state index contributed by atoms with van der Waals surface area (Å²) in [5, 5.41) is 6.10. The Labute approximate surface area is 161 Å². The van der Waals surface area contributed by atoms with Crippen LogP contribution in [0.1, 0.15) is 27.2 Å². The second-order valence-corrected chi connectivity index (χ2v) is 8.21. The molecule has 2 unspecified atom stereocenters. The van der Waals surface area contributed by atoms with Crippen LogP contribution in [0.4, 0.5) is 0 Å². The normalized spacial score (nSPS) is 20.1. The molecule has 0 aliphatic carbocycles. The fraction of sp³-hybridized carbons (Fsp3) is 0.611. The molecule has 1 aliphatic heterocycles. The lowest BCUT2D eigenvalue weighted by molar-refractivity contribution is -0.121. The molecule has 1 saturated heterocycles. The standard InChI is InChI=1S/C18H29N3O5S/c1-4-25-16-7-6-14(10-17(16)26-5-2)27(23,24)20-12-18(22)21-15-11-19-9-8-13(15)3/h6-7,10,13,15,19-20H,4-5,8-9,11-12H2,1-3H3,(H,21,22). The Kier molecular flexibility index (Phi) is 7.88. The molecule has 1 aromatic rings. The van der Waals surface area contributed by atoms with Crippen molar-refractivity contribution < 1.29 is 22.7 Å². The van der Waals surface area contributed by atoms with Crippen molar-refractivity contribution in [2.24, 2.45) is 5.92 Å². The Bertz CT molecular complexity index is 739. The molecule has 3 N–H and O–H groups in total. The van der Waals surface area contributed by atoms with Crippen LogP contribution in [0.3, 0.4) is 0 Å². The van der Waals surface area contributed by atoms with E-state index in [0.717, 1.165) is 13.0 Å². The average Bonchev–Trinajstić information content (AvgIpc) is 2.64. The molecule has 1 heterocycles. The van der Waals surface area contributed by atoms with Crippen molar-refractivity contribution in [2.75, 3.05) is 32.8 Å². The predicted molar refractivity (Wildman–Crippen MR) is 103 cm³/mol. The molecule has 1 aliphatic rings. The van der Waals surface area contributed by atoms with Crippen molar-refractivity contribution in [1.29, 1.82) is 0 Å². The van der Waals surface area contributed by atoms with Gasteiger partial charge in [-0.25, -0.2) is 13.1 Å². The van der Waals surface area contributed by atoms with Gasteiger partial charge in [0.15, 0.2) is 11.5 Å². The fourth-order valence-corrected chi connectivity index (χ4v) is 3.88. The van der Waals surface area contributed by atoms with Crippen LogP contribution >= 0.6 is 0 Å². The lowest BCUT2D eigenvalue weighted by Crippen LogP contribution is -2.52. The van der Waals surface area contributed by atoms with Crippen molar-refractivity contribution in [1.82, 2.24) is 15.4 Å². The fourth-order valence-electron chi connectivity index (χ4n) is 2.88. The Morgan fingerprint density at radius 3 is 2.59 bits per heavy atom. The zero-order chi connectivity index (χ0) is 19.9. The van der Waals surface area contributed by atoms with Gasteiger partial charge >= 0.3 is 0 Å². The zero-order valence-electron chi connectivity index (χ0n) is 16.1. The summed E-state index contributed by atoms with van der Waals surface area (Å²) in [6, 6.07) is 4.40. The Balaban J connectivity index is 2.00. The summed E-state index contributed by atoms with van der Waals surface area (Å²) in [5.41, 5.74) is 0. The number of rotatable bonds is 9. The maximum absolute atomic E-state index is 12.5. The summed E-state index contributed by atoms with van der Waals surface area (Å²) in [5.74, 6) is 0.838. The summed E-state index contributed by atoms with van der Waals surface area (Å²) in [4.78, 5) is 12.2. The van der Waals surface area contributed by atoms with Crippen LogP contribution < -0.4 is 24.8 Å². The molecular weight excluding hydrogens is 370 g/mol. The van der Waals surface area contributed by atoms with Crippen molar-refractivity contribution in [2.45, 2.75) is 38.1 Å². The average molecular weight is 400 g/mol. The van der Waals surface area contributed by atoms with Gasteiger partial charge in [-0.05, 0) is 44.9 Å². The smallest absolute Gasteiger partial charge is 0.241 e. The molecule has 1 fully saturated rings. The number of nitrogens with one attached hydrogen (secondary N) is 3. The summed E-state index contributed by atoms with van der Waals surface area (Å²) >= 11 is 0. The van der Waals surface area contributed by atoms with Gasteiger partial charge in [0.25, 0.3) is 0 Å². The van der Waals surface area contributed by atoms with E-state index >= 15 is 0 Å². The van der Waals surface area contributed by atoms with Crippen molar-refractivity contribution >= 4 is 15.9 Å². The molecular formula is C18H29N3O5S. The van der Waals surface area contributed by atoms with Gasteiger partial charge in [0.05, 0.1) is 24.7 Å². The van der Waals surface area contributed by atoms with E-state index in [1.54, 1.807) is 13.0 Å². The number of carbonyl (C=O) groups is 1. The van der Waals surface area contributed by atoms with Crippen molar-refractivity contribution in [3.8, 4) is 11.5 Å². The van der Waals surface area contributed by atoms with Gasteiger partial charge in [0.1, 0.15) is 0 Å². The largest absolute Gasteiger partial charge is 0.490 e. The first-order valence-corrected chi connectivity index (χ1v) is 10.7. The third-order valence-electron chi connectivity index (χ3n) is 4.42. The number of sulfonamides is 1. The molecule has 1 amide bonds. The number of carbonyl (C=O) groups excluding carboxylic acids is 1.